The Balaban J connectivity index is 1.47. The largest absolute Gasteiger partial charge is 0.269 e. The van der Waals surface area contributed by atoms with Gasteiger partial charge in [0.05, 0.1) is 5.69 Å². The van der Waals surface area contributed by atoms with Crippen molar-refractivity contribution in [2.45, 2.75) is 17.8 Å². The summed E-state index contributed by atoms with van der Waals surface area (Å²) < 4.78 is 1.56. The number of aromatic nitrogens is 5. The van der Waals surface area contributed by atoms with Crippen molar-refractivity contribution in [2.75, 3.05) is 0 Å². The highest BCUT2D eigenvalue weighted by atomic mass is 32.2. The summed E-state index contributed by atoms with van der Waals surface area (Å²) in [6, 6.07) is 15.3. The van der Waals surface area contributed by atoms with Crippen LogP contribution in [-0.2, 0) is 5.75 Å². The molecular weight excluding hydrogens is 358 g/mol. The van der Waals surface area contributed by atoms with Gasteiger partial charge in [-0.1, -0.05) is 54.2 Å². The maximum absolute atomic E-state index is 12.3. The Kier molecular flexibility index (Phi) is 4.84. The zero-order valence-electron chi connectivity index (χ0n) is 14.7. The molecule has 0 aliphatic carbocycles. The van der Waals surface area contributed by atoms with Gasteiger partial charge in [0.25, 0.3) is 5.56 Å². The van der Waals surface area contributed by atoms with Gasteiger partial charge >= 0.3 is 0 Å². The maximum Gasteiger partial charge on any atom is 0.258 e. The van der Waals surface area contributed by atoms with Crippen LogP contribution < -0.4 is 5.56 Å². The van der Waals surface area contributed by atoms with E-state index in [0.29, 0.717) is 28.1 Å². The van der Waals surface area contributed by atoms with Crippen molar-refractivity contribution in [2.24, 2.45) is 0 Å². The molecule has 0 aliphatic rings. The summed E-state index contributed by atoms with van der Waals surface area (Å²) in [5.74, 6) is 1.21. The van der Waals surface area contributed by atoms with Crippen molar-refractivity contribution in [1.82, 2.24) is 24.6 Å². The Morgan fingerprint density at radius 2 is 1.96 bits per heavy atom. The number of aryl methyl sites for hydroxylation is 1. The van der Waals surface area contributed by atoms with Crippen LogP contribution >= 0.6 is 11.8 Å². The molecule has 4 rings (SSSR count). The molecule has 0 saturated carbocycles. The number of nitrogens with one attached hydrogen (secondary N) is 1. The molecule has 0 radical (unpaired) electrons. The highest BCUT2D eigenvalue weighted by molar-refractivity contribution is 7.98. The van der Waals surface area contributed by atoms with Crippen LogP contribution in [0.5, 0.6) is 0 Å². The zero-order chi connectivity index (χ0) is 18.6. The predicted octanol–water partition coefficient (Wildman–Crippen LogP) is 3.58. The second-order valence-corrected chi connectivity index (χ2v) is 6.95. The number of rotatable bonds is 5. The van der Waals surface area contributed by atoms with Crippen molar-refractivity contribution >= 4 is 29.6 Å². The summed E-state index contributed by atoms with van der Waals surface area (Å²) in [4.78, 5) is 21.3. The third-order valence-corrected chi connectivity index (χ3v) is 4.88. The first kappa shape index (κ1) is 17.2. The van der Waals surface area contributed by atoms with Crippen LogP contribution in [0.1, 0.15) is 22.6 Å². The number of hydrogen-bond donors (Lipinski definition) is 1. The number of nitrogens with zero attached hydrogens (tertiary/aromatic N) is 4. The Morgan fingerprint density at radius 1 is 1.11 bits per heavy atom. The third-order valence-electron chi connectivity index (χ3n) is 4.00. The topological polar surface area (TPSA) is 75.9 Å². The van der Waals surface area contributed by atoms with E-state index in [2.05, 4.69) is 20.2 Å². The van der Waals surface area contributed by atoms with Gasteiger partial charge in [0, 0.05) is 18.0 Å². The predicted molar refractivity (Wildman–Crippen MR) is 108 cm³/mol. The van der Waals surface area contributed by atoms with Crippen LogP contribution in [0.25, 0.3) is 17.8 Å². The summed E-state index contributed by atoms with van der Waals surface area (Å²) in [6.45, 7) is 1.94. The second-order valence-electron chi connectivity index (χ2n) is 6.01. The molecule has 6 nitrogen and oxygen atoms in total. The standard InChI is InChI=1S/C20H17N5OS/c1-14-6-5-11-25-18(26)12-16(21-19(14)25)13-27-20-22-17(23-24-20)10-9-15-7-3-2-4-8-15/h2-12H,13H2,1H3,(H,22,23,24)/b10-9+. The van der Waals surface area contributed by atoms with E-state index < -0.39 is 0 Å². The molecule has 7 heteroatoms. The molecule has 0 unspecified atom stereocenters. The first-order valence-corrected chi connectivity index (χ1v) is 9.44. The lowest BCUT2D eigenvalue weighted by molar-refractivity contribution is 0.966. The zero-order valence-corrected chi connectivity index (χ0v) is 15.5. The number of pyridine rings is 1. The Labute approximate surface area is 160 Å². The van der Waals surface area contributed by atoms with Crippen molar-refractivity contribution in [3.05, 3.63) is 87.7 Å². The van der Waals surface area contributed by atoms with Gasteiger partial charge in [-0.15, -0.1) is 5.10 Å². The number of thioether (sulfide) groups is 1. The molecule has 0 fully saturated rings. The van der Waals surface area contributed by atoms with Gasteiger partial charge in [-0.05, 0) is 30.2 Å². The van der Waals surface area contributed by atoms with Crippen molar-refractivity contribution in [3.63, 3.8) is 0 Å². The Morgan fingerprint density at radius 3 is 2.81 bits per heavy atom. The average molecular weight is 375 g/mol. The smallest absolute Gasteiger partial charge is 0.258 e. The Bertz CT molecular complexity index is 1160. The minimum absolute atomic E-state index is 0.0826. The highest BCUT2D eigenvalue weighted by Gasteiger charge is 2.07. The molecule has 1 N–H and O–H groups in total. The van der Waals surface area contributed by atoms with Gasteiger partial charge in [0.1, 0.15) is 11.5 Å². The van der Waals surface area contributed by atoms with Gasteiger partial charge in [-0.2, -0.15) is 0 Å². The van der Waals surface area contributed by atoms with Crippen LogP contribution in [-0.4, -0.2) is 24.6 Å². The van der Waals surface area contributed by atoms with Crippen LogP contribution in [0.4, 0.5) is 0 Å². The summed E-state index contributed by atoms with van der Waals surface area (Å²) in [5.41, 5.74) is 3.38. The summed E-state index contributed by atoms with van der Waals surface area (Å²) >= 11 is 1.44. The lowest BCUT2D eigenvalue weighted by Crippen LogP contribution is -2.15. The number of hydrogen-bond acceptors (Lipinski definition) is 5. The fourth-order valence-electron chi connectivity index (χ4n) is 2.66. The molecule has 0 atom stereocenters. The van der Waals surface area contributed by atoms with Gasteiger partial charge in [-0.3, -0.25) is 14.3 Å². The molecule has 4 aromatic rings. The van der Waals surface area contributed by atoms with Crippen molar-refractivity contribution in [3.8, 4) is 0 Å². The van der Waals surface area contributed by atoms with Gasteiger partial charge in [0.2, 0.25) is 5.16 Å². The number of fused-ring (bicyclic) bond motifs is 1. The monoisotopic (exact) mass is 375 g/mol. The van der Waals surface area contributed by atoms with E-state index in [0.717, 1.165) is 11.1 Å². The fourth-order valence-corrected chi connectivity index (χ4v) is 3.36. The fraction of sp³-hybridized carbons (Fsp3) is 0.100. The van der Waals surface area contributed by atoms with E-state index in [1.54, 1.807) is 16.7 Å². The molecular formula is C20H17N5OS. The molecule has 3 heterocycles. The maximum atomic E-state index is 12.3. The first-order valence-electron chi connectivity index (χ1n) is 8.45. The Hall–Kier alpha value is -3.19. The number of H-pyrrole nitrogens is 1. The highest BCUT2D eigenvalue weighted by Crippen LogP contribution is 2.18. The lowest BCUT2D eigenvalue weighted by atomic mass is 10.2. The molecule has 134 valence electrons. The lowest BCUT2D eigenvalue weighted by Gasteiger charge is -2.05. The second kappa shape index (κ2) is 7.59. The average Bonchev–Trinajstić information content (AvgIpc) is 3.14. The SMILES string of the molecule is Cc1cccn2c(=O)cc(CSc3n[nH]c(/C=C/c4ccccc4)n3)nc12. The number of benzene rings is 1. The molecule has 1 aromatic carbocycles. The van der Waals surface area contributed by atoms with E-state index in [1.165, 1.54) is 11.8 Å². The minimum Gasteiger partial charge on any atom is -0.269 e. The van der Waals surface area contributed by atoms with E-state index in [-0.39, 0.29) is 5.56 Å². The molecule has 0 aliphatic heterocycles. The van der Waals surface area contributed by atoms with Gasteiger partial charge in [0.15, 0.2) is 0 Å². The van der Waals surface area contributed by atoms with E-state index >= 15 is 0 Å². The molecule has 0 amide bonds. The quantitative estimate of drug-likeness (QED) is 0.540. The molecule has 27 heavy (non-hydrogen) atoms. The van der Waals surface area contributed by atoms with Crippen LogP contribution in [0, 0.1) is 6.92 Å². The van der Waals surface area contributed by atoms with Gasteiger partial charge in [-0.25, -0.2) is 9.97 Å². The summed E-state index contributed by atoms with van der Waals surface area (Å²) in [5, 5.41) is 7.74. The molecule has 0 saturated heterocycles. The third kappa shape index (κ3) is 3.98. The van der Waals surface area contributed by atoms with Crippen molar-refractivity contribution in [1.29, 1.82) is 0 Å². The van der Waals surface area contributed by atoms with E-state index in [4.69, 9.17) is 0 Å². The summed E-state index contributed by atoms with van der Waals surface area (Å²) in [7, 11) is 0. The first-order chi connectivity index (χ1) is 13.2. The molecule has 0 bridgehead atoms. The summed E-state index contributed by atoms with van der Waals surface area (Å²) in [6.07, 6.45) is 5.59. The van der Waals surface area contributed by atoms with Crippen LogP contribution in [0.15, 0.2) is 64.7 Å². The molecule has 0 spiro atoms. The number of aromatic amines is 1. The van der Waals surface area contributed by atoms with Crippen LogP contribution in [0.3, 0.4) is 0 Å². The minimum atomic E-state index is -0.0826. The van der Waals surface area contributed by atoms with Crippen LogP contribution in [0.2, 0.25) is 0 Å². The van der Waals surface area contributed by atoms with E-state index in [9.17, 15) is 4.79 Å². The van der Waals surface area contributed by atoms with Gasteiger partial charge < -0.3 is 0 Å². The van der Waals surface area contributed by atoms with E-state index in [1.807, 2.05) is 61.5 Å². The molecule has 3 aromatic heterocycles. The van der Waals surface area contributed by atoms with Crippen molar-refractivity contribution < 1.29 is 0 Å². The normalized spacial score (nSPS) is 11.4.